The highest BCUT2D eigenvalue weighted by molar-refractivity contribution is 5.11. The van der Waals surface area contributed by atoms with Crippen molar-refractivity contribution in [1.29, 1.82) is 0 Å². The topological polar surface area (TPSA) is 38.5 Å². The van der Waals surface area contributed by atoms with Crippen LogP contribution in [0.5, 0.6) is 0 Å². The fourth-order valence-corrected chi connectivity index (χ4v) is 2.93. The quantitative estimate of drug-likeness (QED) is 0.785. The molecule has 0 radical (unpaired) electrons. The van der Waals surface area contributed by atoms with Crippen molar-refractivity contribution in [3.8, 4) is 0 Å². The molecule has 0 bridgehead atoms. The molecule has 2 aromatic heterocycles. The fourth-order valence-electron chi connectivity index (χ4n) is 2.93. The van der Waals surface area contributed by atoms with Crippen LogP contribution < -0.4 is 0 Å². The number of furan rings is 1. The minimum atomic E-state index is 0.349. The lowest BCUT2D eigenvalue weighted by molar-refractivity contribution is 0.0653. The molecule has 0 spiro atoms. The van der Waals surface area contributed by atoms with Crippen molar-refractivity contribution in [3.05, 3.63) is 53.7 Å². The zero-order valence-electron chi connectivity index (χ0n) is 13.2. The minimum absolute atomic E-state index is 0.349. The maximum atomic E-state index is 5.87. The van der Waals surface area contributed by atoms with Gasteiger partial charge in [-0.3, -0.25) is 9.88 Å². The predicted molar refractivity (Wildman–Crippen MR) is 85.4 cm³/mol. The van der Waals surface area contributed by atoms with Crippen LogP contribution in [0.3, 0.4) is 0 Å². The molecule has 3 rings (SSSR count). The van der Waals surface area contributed by atoms with Gasteiger partial charge in [0.05, 0.1) is 12.6 Å². The van der Waals surface area contributed by atoms with Crippen LogP contribution in [0.1, 0.15) is 36.8 Å². The van der Waals surface area contributed by atoms with Gasteiger partial charge in [0.2, 0.25) is 0 Å². The van der Waals surface area contributed by atoms with Crippen molar-refractivity contribution in [2.75, 3.05) is 13.2 Å². The van der Waals surface area contributed by atoms with E-state index in [4.69, 9.17) is 9.15 Å². The summed E-state index contributed by atoms with van der Waals surface area (Å²) >= 11 is 0. The van der Waals surface area contributed by atoms with E-state index in [0.29, 0.717) is 6.10 Å². The number of ether oxygens (including phenoxy) is 1. The molecule has 4 nitrogen and oxygen atoms in total. The number of nitrogens with zero attached hydrogens (tertiary/aromatic N) is 2. The summed E-state index contributed by atoms with van der Waals surface area (Å²) in [6, 6.07) is 8.31. The van der Waals surface area contributed by atoms with Gasteiger partial charge in [-0.2, -0.15) is 0 Å². The number of pyridine rings is 1. The summed E-state index contributed by atoms with van der Waals surface area (Å²) in [5.41, 5.74) is 1.27. The summed E-state index contributed by atoms with van der Waals surface area (Å²) in [4.78, 5) is 6.50. The average Bonchev–Trinajstić information content (AvgIpc) is 3.20. The number of aromatic nitrogens is 1. The van der Waals surface area contributed by atoms with E-state index < -0.39 is 0 Å². The lowest BCUT2D eigenvalue weighted by Gasteiger charge is -2.24. The minimum Gasteiger partial charge on any atom is -0.465 e. The molecular formula is C18H24N2O2. The molecule has 22 heavy (non-hydrogen) atoms. The first-order chi connectivity index (χ1) is 10.8. The standard InChI is InChI=1S/C18H24N2O2/c1-2-16-5-6-18(22-16)14-20(13-17-4-3-11-21-17)12-15-7-9-19-10-8-15/h5-10,17H,2-4,11-14H2,1H3/t17-/m1/s1. The van der Waals surface area contributed by atoms with Crippen LogP contribution in [0, 0.1) is 0 Å². The van der Waals surface area contributed by atoms with Crippen LogP contribution >= 0.6 is 0 Å². The van der Waals surface area contributed by atoms with Gasteiger partial charge < -0.3 is 9.15 Å². The first kappa shape index (κ1) is 15.3. The molecule has 1 fully saturated rings. The highest BCUT2D eigenvalue weighted by atomic mass is 16.5. The summed E-state index contributed by atoms with van der Waals surface area (Å²) in [6.45, 7) is 5.68. The van der Waals surface area contributed by atoms with E-state index in [1.54, 1.807) is 0 Å². The molecule has 1 saturated heterocycles. The normalized spacial score (nSPS) is 18.2. The van der Waals surface area contributed by atoms with Crippen molar-refractivity contribution >= 4 is 0 Å². The van der Waals surface area contributed by atoms with Gasteiger partial charge in [-0.05, 0) is 42.7 Å². The van der Waals surface area contributed by atoms with E-state index >= 15 is 0 Å². The molecule has 0 saturated carbocycles. The molecule has 0 aliphatic carbocycles. The molecular weight excluding hydrogens is 276 g/mol. The van der Waals surface area contributed by atoms with Gasteiger partial charge in [0.1, 0.15) is 11.5 Å². The van der Waals surface area contributed by atoms with Crippen molar-refractivity contribution < 1.29 is 9.15 Å². The van der Waals surface area contributed by atoms with Crippen molar-refractivity contribution in [3.63, 3.8) is 0 Å². The zero-order chi connectivity index (χ0) is 15.2. The Morgan fingerprint density at radius 1 is 1.14 bits per heavy atom. The van der Waals surface area contributed by atoms with Gasteiger partial charge in [0.15, 0.2) is 0 Å². The van der Waals surface area contributed by atoms with E-state index in [0.717, 1.165) is 50.6 Å². The maximum absolute atomic E-state index is 5.87. The van der Waals surface area contributed by atoms with E-state index in [9.17, 15) is 0 Å². The molecule has 2 aromatic rings. The molecule has 1 atom stereocenters. The Hall–Kier alpha value is -1.65. The van der Waals surface area contributed by atoms with Gasteiger partial charge >= 0.3 is 0 Å². The van der Waals surface area contributed by atoms with Gasteiger partial charge in [-0.25, -0.2) is 0 Å². The lowest BCUT2D eigenvalue weighted by Crippen LogP contribution is -2.31. The summed E-state index contributed by atoms with van der Waals surface area (Å²) in [7, 11) is 0. The van der Waals surface area contributed by atoms with E-state index in [1.165, 1.54) is 12.0 Å². The number of hydrogen-bond donors (Lipinski definition) is 0. The van der Waals surface area contributed by atoms with Crippen LogP contribution in [0.25, 0.3) is 0 Å². The number of aryl methyl sites for hydroxylation is 1. The Morgan fingerprint density at radius 2 is 1.95 bits per heavy atom. The largest absolute Gasteiger partial charge is 0.465 e. The first-order valence-corrected chi connectivity index (χ1v) is 8.14. The zero-order valence-corrected chi connectivity index (χ0v) is 13.2. The average molecular weight is 300 g/mol. The molecule has 0 unspecified atom stereocenters. The van der Waals surface area contributed by atoms with Gasteiger partial charge in [-0.15, -0.1) is 0 Å². The fraction of sp³-hybridized carbons (Fsp3) is 0.500. The highest BCUT2D eigenvalue weighted by Crippen LogP contribution is 2.18. The third-order valence-electron chi connectivity index (χ3n) is 4.09. The maximum Gasteiger partial charge on any atom is 0.118 e. The Balaban J connectivity index is 1.67. The van der Waals surface area contributed by atoms with Crippen LogP contribution in [-0.4, -0.2) is 29.1 Å². The molecule has 0 aromatic carbocycles. The number of rotatable bonds is 7. The molecule has 1 aliphatic rings. The molecule has 3 heterocycles. The van der Waals surface area contributed by atoms with Gasteiger partial charge in [-0.1, -0.05) is 6.92 Å². The summed E-state index contributed by atoms with van der Waals surface area (Å²) in [6.07, 6.45) is 7.32. The van der Waals surface area contributed by atoms with Gasteiger partial charge in [0.25, 0.3) is 0 Å². The van der Waals surface area contributed by atoms with Crippen LogP contribution in [0.15, 0.2) is 41.1 Å². The Labute approximate surface area is 132 Å². The molecule has 0 N–H and O–H groups in total. The van der Waals surface area contributed by atoms with Crippen LogP contribution in [-0.2, 0) is 24.2 Å². The molecule has 1 aliphatic heterocycles. The molecule has 0 amide bonds. The summed E-state index contributed by atoms with van der Waals surface area (Å²) in [5.74, 6) is 2.08. The Morgan fingerprint density at radius 3 is 2.64 bits per heavy atom. The smallest absolute Gasteiger partial charge is 0.118 e. The third kappa shape index (κ3) is 4.18. The molecule has 118 valence electrons. The molecule has 4 heteroatoms. The first-order valence-electron chi connectivity index (χ1n) is 8.14. The SMILES string of the molecule is CCc1ccc(CN(Cc2ccncc2)C[C@H]2CCCO2)o1. The van der Waals surface area contributed by atoms with E-state index in [2.05, 4.69) is 41.1 Å². The van der Waals surface area contributed by atoms with E-state index in [-0.39, 0.29) is 0 Å². The van der Waals surface area contributed by atoms with Crippen molar-refractivity contribution in [1.82, 2.24) is 9.88 Å². The van der Waals surface area contributed by atoms with Crippen molar-refractivity contribution in [2.45, 2.75) is 45.4 Å². The number of hydrogen-bond acceptors (Lipinski definition) is 4. The second kappa shape index (κ2) is 7.56. The Bertz CT molecular complexity index is 561. The third-order valence-corrected chi connectivity index (χ3v) is 4.09. The second-order valence-corrected chi connectivity index (χ2v) is 5.88. The lowest BCUT2D eigenvalue weighted by atomic mass is 10.2. The second-order valence-electron chi connectivity index (χ2n) is 5.88. The van der Waals surface area contributed by atoms with Crippen LogP contribution in [0.4, 0.5) is 0 Å². The predicted octanol–water partition coefficient (Wildman–Crippen LogP) is 3.42. The van der Waals surface area contributed by atoms with Crippen molar-refractivity contribution in [2.24, 2.45) is 0 Å². The van der Waals surface area contributed by atoms with E-state index in [1.807, 2.05) is 12.4 Å². The summed E-state index contributed by atoms with van der Waals surface area (Å²) in [5, 5.41) is 0. The van der Waals surface area contributed by atoms with Crippen LogP contribution in [0.2, 0.25) is 0 Å². The highest BCUT2D eigenvalue weighted by Gasteiger charge is 2.20. The monoisotopic (exact) mass is 300 g/mol. The Kier molecular flexibility index (Phi) is 5.24. The summed E-state index contributed by atoms with van der Waals surface area (Å²) < 4.78 is 11.7. The van der Waals surface area contributed by atoms with Gasteiger partial charge in [0, 0.05) is 38.5 Å².